The Hall–Kier alpha value is -1.93. The molecule has 19 heavy (non-hydrogen) atoms. The van der Waals surface area contributed by atoms with E-state index in [4.69, 9.17) is 5.11 Å². The first-order valence-electron chi connectivity index (χ1n) is 5.16. The molecule has 0 aromatic carbocycles. The first-order chi connectivity index (χ1) is 8.88. The quantitative estimate of drug-likeness (QED) is 0.899. The number of nitrogens with zero attached hydrogens (tertiary/aromatic N) is 1. The minimum Gasteiger partial charge on any atom is -0.478 e. The summed E-state index contributed by atoms with van der Waals surface area (Å²) in [4.78, 5) is 14.6. The van der Waals surface area contributed by atoms with Crippen LogP contribution in [0.2, 0.25) is 0 Å². The maximum Gasteiger partial charge on any atom is 0.336 e. The summed E-state index contributed by atoms with van der Waals surface area (Å²) >= 11 is 0.849. The molecule has 0 aliphatic rings. The van der Waals surface area contributed by atoms with Crippen LogP contribution >= 0.6 is 11.3 Å². The van der Waals surface area contributed by atoms with Gasteiger partial charge >= 0.3 is 5.97 Å². The molecule has 0 radical (unpaired) electrons. The van der Waals surface area contributed by atoms with Crippen LogP contribution in [0.25, 0.3) is 0 Å². The Morgan fingerprint density at radius 2 is 2.16 bits per heavy atom. The molecule has 2 aromatic heterocycles. The number of carboxylic acids is 1. The largest absolute Gasteiger partial charge is 0.478 e. The highest BCUT2D eigenvalue weighted by Crippen LogP contribution is 2.22. The Kier molecular flexibility index (Phi) is 3.54. The molecule has 0 bridgehead atoms. The number of sulfonamides is 1. The molecule has 0 atom stereocenters. The Labute approximate surface area is 113 Å². The van der Waals surface area contributed by atoms with Gasteiger partial charge in [0.25, 0.3) is 10.0 Å². The van der Waals surface area contributed by atoms with Crippen LogP contribution in [-0.4, -0.2) is 24.5 Å². The van der Waals surface area contributed by atoms with E-state index in [2.05, 4.69) is 9.71 Å². The molecule has 0 aliphatic carbocycles. The van der Waals surface area contributed by atoms with Gasteiger partial charge in [0.15, 0.2) is 0 Å². The molecule has 0 unspecified atom stereocenters. The number of hydrogen-bond donors (Lipinski definition) is 2. The number of carbonyl (C=O) groups is 1. The predicted octanol–water partition coefficient (Wildman–Crippen LogP) is 1.95. The molecule has 0 aliphatic heterocycles. The fourth-order valence-electron chi connectivity index (χ4n) is 1.35. The van der Waals surface area contributed by atoms with Crippen LogP contribution in [0.3, 0.4) is 0 Å². The third-order valence-electron chi connectivity index (χ3n) is 2.24. The van der Waals surface area contributed by atoms with Gasteiger partial charge in [-0.2, -0.15) is 0 Å². The summed E-state index contributed by atoms with van der Waals surface area (Å²) in [5.41, 5.74) is 0.813. The van der Waals surface area contributed by atoms with Crippen LogP contribution in [0.4, 0.5) is 5.82 Å². The molecule has 2 aromatic rings. The monoisotopic (exact) mass is 298 g/mol. The van der Waals surface area contributed by atoms with Crippen molar-refractivity contribution in [3.63, 3.8) is 0 Å². The molecule has 0 amide bonds. The van der Waals surface area contributed by atoms with Gasteiger partial charge in [0.05, 0.1) is 5.56 Å². The van der Waals surface area contributed by atoms with E-state index in [1.54, 1.807) is 12.1 Å². The van der Waals surface area contributed by atoms with Crippen molar-refractivity contribution in [2.75, 3.05) is 4.72 Å². The highest BCUT2D eigenvalue weighted by molar-refractivity contribution is 7.94. The molecular formula is C11H10N2O4S2. The van der Waals surface area contributed by atoms with Gasteiger partial charge in [-0.1, -0.05) is 0 Å². The van der Waals surface area contributed by atoms with Crippen LogP contribution in [0.15, 0.2) is 34.0 Å². The first-order valence-corrected chi connectivity index (χ1v) is 7.52. The smallest absolute Gasteiger partial charge is 0.336 e. The number of pyridine rings is 1. The van der Waals surface area contributed by atoms with Crippen LogP contribution in [-0.2, 0) is 10.0 Å². The number of aromatic carboxylic acids is 1. The molecule has 0 fully saturated rings. The highest BCUT2D eigenvalue weighted by Gasteiger charge is 2.19. The lowest BCUT2D eigenvalue weighted by atomic mass is 10.3. The maximum absolute atomic E-state index is 12.0. The first kappa shape index (κ1) is 13.5. The van der Waals surface area contributed by atoms with Gasteiger partial charge in [0, 0.05) is 11.6 Å². The van der Waals surface area contributed by atoms with Gasteiger partial charge in [0.2, 0.25) is 0 Å². The van der Waals surface area contributed by atoms with E-state index in [-0.39, 0.29) is 15.6 Å². The Morgan fingerprint density at radius 3 is 2.74 bits per heavy atom. The van der Waals surface area contributed by atoms with Crippen molar-refractivity contribution in [2.45, 2.75) is 11.1 Å². The number of aryl methyl sites for hydroxylation is 1. The second kappa shape index (κ2) is 4.98. The summed E-state index contributed by atoms with van der Waals surface area (Å²) < 4.78 is 26.3. The average Bonchev–Trinajstić information content (AvgIpc) is 2.78. The Bertz CT molecular complexity index is 722. The van der Waals surface area contributed by atoms with Gasteiger partial charge < -0.3 is 5.11 Å². The number of rotatable bonds is 4. The van der Waals surface area contributed by atoms with E-state index in [0.717, 1.165) is 23.0 Å². The number of carboxylic acid groups (broad SMARTS) is 1. The lowest BCUT2D eigenvalue weighted by Crippen LogP contribution is -2.12. The third kappa shape index (κ3) is 3.09. The van der Waals surface area contributed by atoms with Crippen molar-refractivity contribution >= 4 is 33.1 Å². The van der Waals surface area contributed by atoms with Crippen LogP contribution in [0, 0.1) is 6.92 Å². The summed E-state index contributed by atoms with van der Waals surface area (Å²) in [7, 11) is -3.80. The summed E-state index contributed by atoms with van der Waals surface area (Å²) in [5.74, 6) is -0.961. The third-order valence-corrected chi connectivity index (χ3v) is 5.04. The van der Waals surface area contributed by atoms with Crippen LogP contribution in [0.5, 0.6) is 0 Å². The van der Waals surface area contributed by atoms with Gasteiger partial charge in [0.1, 0.15) is 10.0 Å². The standard InChI is InChI=1S/C11H10N2O4S2/c1-7-2-3-12-9(4-7)13-19(16,17)10-5-8(6-18-10)11(14)15/h2-6H,1H3,(H,12,13)(H,14,15). The number of thiophene rings is 1. The molecule has 2 heterocycles. The van der Waals surface area contributed by atoms with Gasteiger partial charge in [-0.25, -0.2) is 18.2 Å². The molecule has 6 nitrogen and oxygen atoms in total. The van der Waals surface area contributed by atoms with E-state index in [9.17, 15) is 13.2 Å². The van der Waals surface area contributed by atoms with Crippen molar-refractivity contribution in [1.82, 2.24) is 4.98 Å². The Morgan fingerprint density at radius 1 is 1.42 bits per heavy atom. The lowest BCUT2D eigenvalue weighted by molar-refractivity contribution is 0.0697. The van der Waals surface area contributed by atoms with E-state index in [1.807, 2.05) is 6.92 Å². The molecule has 8 heteroatoms. The molecular weight excluding hydrogens is 288 g/mol. The minimum absolute atomic E-state index is 0.0532. The second-order valence-electron chi connectivity index (χ2n) is 3.78. The highest BCUT2D eigenvalue weighted by atomic mass is 32.2. The molecule has 0 saturated heterocycles. The van der Waals surface area contributed by atoms with E-state index in [0.29, 0.717) is 0 Å². The van der Waals surface area contributed by atoms with E-state index >= 15 is 0 Å². The number of aromatic nitrogens is 1. The summed E-state index contributed by atoms with van der Waals surface area (Å²) in [6.07, 6.45) is 1.49. The molecule has 2 rings (SSSR count). The fraction of sp³-hybridized carbons (Fsp3) is 0.0909. The normalized spacial score (nSPS) is 11.2. The topological polar surface area (TPSA) is 96.4 Å². The summed E-state index contributed by atoms with van der Waals surface area (Å²) in [5, 5.41) is 10.0. The lowest BCUT2D eigenvalue weighted by Gasteiger charge is -2.05. The number of nitrogens with one attached hydrogen (secondary N) is 1. The van der Waals surface area contributed by atoms with Crippen molar-refractivity contribution in [2.24, 2.45) is 0 Å². The maximum atomic E-state index is 12.0. The SMILES string of the molecule is Cc1ccnc(NS(=O)(=O)c2cc(C(=O)O)cs2)c1. The fourth-order valence-corrected chi connectivity index (χ4v) is 3.50. The Balaban J connectivity index is 2.29. The van der Waals surface area contributed by atoms with Crippen molar-refractivity contribution < 1.29 is 18.3 Å². The minimum atomic E-state index is -3.80. The van der Waals surface area contributed by atoms with Crippen molar-refractivity contribution in [3.8, 4) is 0 Å². The van der Waals surface area contributed by atoms with Gasteiger partial charge in [-0.3, -0.25) is 4.72 Å². The van der Waals surface area contributed by atoms with Crippen molar-refractivity contribution in [1.29, 1.82) is 0 Å². The zero-order valence-electron chi connectivity index (χ0n) is 9.82. The zero-order chi connectivity index (χ0) is 14.0. The van der Waals surface area contributed by atoms with E-state index < -0.39 is 16.0 Å². The molecule has 0 spiro atoms. The zero-order valence-corrected chi connectivity index (χ0v) is 11.5. The predicted molar refractivity (Wildman–Crippen MR) is 71.1 cm³/mol. The van der Waals surface area contributed by atoms with Crippen LogP contribution < -0.4 is 4.72 Å². The number of hydrogen-bond acceptors (Lipinski definition) is 5. The van der Waals surface area contributed by atoms with Gasteiger partial charge in [-0.15, -0.1) is 11.3 Å². The van der Waals surface area contributed by atoms with Crippen molar-refractivity contribution in [3.05, 3.63) is 40.9 Å². The summed E-state index contributed by atoms with van der Waals surface area (Å²) in [6.45, 7) is 1.81. The van der Waals surface area contributed by atoms with E-state index in [1.165, 1.54) is 11.6 Å². The second-order valence-corrected chi connectivity index (χ2v) is 6.60. The van der Waals surface area contributed by atoms with Crippen LogP contribution in [0.1, 0.15) is 15.9 Å². The summed E-state index contributed by atoms with van der Waals surface area (Å²) in [6, 6.07) is 4.44. The molecule has 0 saturated carbocycles. The molecule has 100 valence electrons. The van der Waals surface area contributed by atoms with Gasteiger partial charge in [-0.05, 0) is 30.7 Å². The average molecular weight is 298 g/mol. The molecule has 2 N–H and O–H groups in total. The number of anilines is 1.